The second-order valence-corrected chi connectivity index (χ2v) is 7.69. The standard InChI is InChI=1S/C20H31N3O/c1-6-23(7-2)18-10-8-16(9-11-18)19(24)22-21-17-12-15(3)13-20(4,5)14-17/h8-11,15H,6-7,12-14H2,1-5H3,(H,22,24)/b21-17-/t15-/m0/s1. The van der Waals surface area contributed by atoms with Gasteiger partial charge in [0.2, 0.25) is 0 Å². The van der Waals surface area contributed by atoms with Gasteiger partial charge in [0, 0.05) is 30.1 Å². The monoisotopic (exact) mass is 329 g/mol. The summed E-state index contributed by atoms with van der Waals surface area (Å²) in [7, 11) is 0. The van der Waals surface area contributed by atoms with E-state index in [1.807, 2.05) is 24.3 Å². The van der Waals surface area contributed by atoms with Gasteiger partial charge in [0.05, 0.1) is 0 Å². The van der Waals surface area contributed by atoms with Crippen LogP contribution in [0.25, 0.3) is 0 Å². The number of nitrogens with one attached hydrogen (secondary N) is 1. The van der Waals surface area contributed by atoms with E-state index >= 15 is 0 Å². The van der Waals surface area contributed by atoms with Crippen molar-refractivity contribution in [1.82, 2.24) is 5.43 Å². The van der Waals surface area contributed by atoms with Gasteiger partial charge in [-0.15, -0.1) is 0 Å². The van der Waals surface area contributed by atoms with Gasteiger partial charge in [-0.2, -0.15) is 5.10 Å². The molecule has 0 aromatic heterocycles. The highest BCUT2D eigenvalue weighted by Crippen LogP contribution is 2.36. The van der Waals surface area contributed by atoms with Crippen LogP contribution in [0, 0.1) is 11.3 Å². The Bertz CT molecular complexity index is 585. The Hall–Kier alpha value is -1.84. The third kappa shape index (κ3) is 4.83. The van der Waals surface area contributed by atoms with Crippen LogP contribution in [0.4, 0.5) is 5.69 Å². The van der Waals surface area contributed by atoms with Gasteiger partial charge >= 0.3 is 0 Å². The summed E-state index contributed by atoms with van der Waals surface area (Å²) < 4.78 is 0. The van der Waals surface area contributed by atoms with Crippen molar-refractivity contribution in [3.8, 4) is 0 Å². The highest BCUT2D eigenvalue weighted by atomic mass is 16.2. The number of anilines is 1. The van der Waals surface area contributed by atoms with E-state index in [1.54, 1.807) is 0 Å². The molecule has 0 aliphatic heterocycles. The molecule has 0 unspecified atom stereocenters. The summed E-state index contributed by atoms with van der Waals surface area (Å²) in [5.74, 6) is 0.488. The first-order valence-corrected chi connectivity index (χ1v) is 9.05. The molecule has 0 heterocycles. The van der Waals surface area contributed by atoms with Crippen LogP contribution < -0.4 is 10.3 Å². The van der Waals surface area contributed by atoms with Crippen molar-refractivity contribution in [3.05, 3.63) is 29.8 Å². The number of hydrogen-bond acceptors (Lipinski definition) is 3. The lowest BCUT2D eigenvalue weighted by Gasteiger charge is -2.34. The highest BCUT2D eigenvalue weighted by Gasteiger charge is 2.29. The molecule has 4 nitrogen and oxygen atoms in total. The summed E-state index contributed by atoms with van der Waals surface area (Å²) in [6.07, 6.45) is 3.15. The summed E-state index contributed by atoms with van der Waals surface area (Å²) in [4.78, 5) is 14.6. The van der Waals surface area contributed by atoms with Gasteiger partial charge in [-0.25, -0.2) is 5.43 Å². The Morgan fingerprint density at radius 1 is 1.25 bits per heavy atom. The van der Waals surface area contributed by atoms with Gasteiger partial charge in [0.15, 0.2) is 0 Å². The lowest BCUT2D eigenvalue weighted by molar-refractivity contribution is 0.0954. The molecule has 1 saturated carbocycles. The fourth-order valence-electron chi connectivity index (χ4n) is 3.81. The van der Waals surface area contributed by atoms with Crippen molar-refractivity contribution in [2.75, 3.05) is 18.0 Å². The molecule has 2 rings (SSSR count). The quantitative estimate of drug-likeness (QED) is 0.810. The van der Waals surface area contributed by atoms with Gasteiger partial charge in [0.25, 0.3) is 5.91 Å². The maximum absolute atomic E-state index is 12.3. The molecule has 1 atom stereocenters. The normalized spacial score (nSPS) is 21.5. The topological polar surface area (TPSA) is 44.7 Å². The van der Waals surface area contributed by atoms with Crippen LogP contribution in [0.3, 0.4) is 0 Å². The predicted molar refractivity (Wildman–Crippen MR) is 102 cm³/mol. The first-order valence-electron chi connectivity index (χ1n) is 9.05. The summed E-state index contributed by atoms with van der Waals surface area (Å²) in [5.41, 5.74) is 5.91. The Labute approximate surface area is 146 Å². The molecule has 1 aliphatic carbocycles. The Balaban J connectivity index is 2.01. The average Bonchev–Trinajstić information content (AvgIpc) is 2.52. The first-order chi connectivity index (χ1) is 11.3. The summed E-state index contributed by atoms with van der Waals surface area (Å²) in [6.45, 7) is 13.0. The van der Waals surface area contributed by atoms with Crippen LogP contribution in [-0.4, -0.2) is 24.7 Å². The smallest absolute Gasteiger partial charge is 0.271 e. The van der Waals surface area contributed by atoms with E-state index in [2.05, 4.69) is 50.0 Å². The number of carbonyl (C=O) groups excluding carboxylic acids is 1. The summed E-state index contributed by atoms with van der Waals surface area (Å²) in [5, 5.41) is 4.40. The van der Waals surface area contributed by atoms with Crippen LogP contribution in [0.15, 0.2) is 29.4 Å². The van der Waals surface area contributed by atoms with Gasteiger partial charge in [-0.3, -0.25) is 4.79 Å². The first kappa shape index (κ1) is 18.5. The Morgan fingerprint density at radius 2 is 1.88 bits per heavy atom. The fourth-order valence-corrected chi connectivity index (χ4v) is 3.81. The van der Waals surface area contributed by atoms with E-state index in [-0.39, 0.29) is 11.3 Å². The maximum atomic E-state index is 12.3. The minimum absolute atomic E-state index is 0.135. The number of carbonyl (C=O) groups is 1. The number of nitrogens with zero attached hydrogens (tertiary/aromatic N) is 2. The number of hydrogen-bond donors (Lipinski definition) is 1. The minimum Gasteiger partial charge on any atom is -0.372 e. The average molecular weight is 329 g/mol. The number of amides is 1. The molecule has 132 valence electrons. The number of benzene rings is 1. The molecule has 1 aliphatic rings. The Morgan fingerprint density at radius 3 is 2.42 bits per heavy atom. The molecule has 24 heavy (non-hydrogen) atoms. The second kappa shape index (κ2) is 7.82. The summed E-state index contributed by atoms with van der Waals surface area (Å²) in [6, 6.07) is 7.74. The lowest BCUT2D eigenvalue weighted by atomic mass is 9.72. The second-order valence-electron chi connectivity index (χ2n) is 7.69. The Kier molecular flexibility index (Phi) is 6.03. The van der Waals surface area contributed by atoms with Crippen molar-refractivity contribution in [1.29, 1.82) is 0 Å². The molecule has 1 aromatic carbocycles. The van der Waals surface area contributed by atoms with Gasteiger partial charge < -0.3 is 4.90 Å². The zero-order valence-corrected chi connectivity index (χ0v) is 15.7. The fraction of sp³-hybridized carbons (Fsp3) is 0.600. The van der Waals surface area contributed by atoms with Crippen LogP contribution >= 0.6 is 0 Å². The minimum atomic E-state index is -0.135. The molecule has 1 fully saturated rings. The maximum Gasteiger partial charge on any atom is 0.271 e. The van der Waals surface area contributed by atoms with Crippen molar-refractivity contribution in [2.45, 2.75) is 53.9 Å². The van der Waals surface area contributed by atoms with E-state index in [1.165, 1.54) is 6.42 Å². The van der Waals surface area contributed by atoms with Crippen molar-refractivity contribution in [2.24, 2.45) is 16.4 Å². The van der Waals surface area contributed by atoms with E-state index in [0.717, 1.165) is 37.3 Å². The van der Waals surface area contributed by atoms with E-state index in [4.69, 9.17) is 0 Å². The molecule has 0 bridgehead atoms. The van der Waals surface area contributed by atoms with Crippen molar-refractivity contribution in [3.63, 3.8) is 0 Å². The van der Waals surface area contributed by atoms with E-state index in [9.17, 15) is 4.79 Å². The molecular formula is C20H31N3O. The lowest BCUT2D eigenvalue weighted by Crippen LogP contribution is -2.30. The van der Waals surface area contributed by atoms with Gasteiger partial charge in [0.1, 0.15) is 0 Å². The van der Waals surface area contributed by atoms with E-state index < -0.39 is 0 Å². The molecule has 4 heteroatoms. The molecule has 0 radical (unpaired) electrons. The van der Waals surface area contributed by atoms with Crippen molar-refractivity contribution < 1.29 is 4.79 Å². The van der Waals surface area contributed by atoms with Crippen LogP contribution in [-0.2, 0) is 0 Å². The zero-order valence-electron chi connectivity index (χ0n) is 15.7. The van der Waals surface area contributed by atoms with Crippen LogP contribution in [0.5, 0.6) is 0 Å². The highest BCUT2D eigenvalue weighted by molar-refractivity contribution is 5.96. The van der Waals surface area contributed by atoms with Gasteiger partial charge in [-0.05, 0) is 68.7 Å². The molecule has 0 saturated heterocycles. The zero-order chi connectivity index (χ0) is 17.7. The van der Waals surface area contributed by atoms with Crippen LogP contribution in [0.1, 0.15) is 64.2 Å². The molecule has 1 amide bonds. The third-order valence-corrected chi connectivity index (χ3v) is 4.74. The summed E-state index contributed by atoms with van der Waals surface area (Å²) >= 11 is 0. The van der Waals surface area contributed by atoms with Gasteiger partial charge in [-0.1, -0.05) is 20.8 Å². The third-order valence-electron chi connectivity index (χ3n) is 4.74. The molecular weight excluding hydrogens is 298 g/mol. The SMILES string of the molecule is CCN(CC)c1ccc(C(=O)N/N=C2/C[C@H](C)CC(C)(C)C2)cc1. The number of hydrazone groups is 1. The largest absolute Gasteiger partial charge is 0.372 e. The van der Waals surface area contributed by atoms with E-state index in [0.29, 0.717) is 11.5 Å². The van der Waals surface area contributed by atoms with Crippen LogP contribution in [0.2, 0.25) is 0 Å². The number of rotatable bonds is 5. The predicted octanol–water partition coefficient (Wildman–Crippen LogP) is 4.46. The molecule has 1 aromatic rings. The van der Waals surface area contributed by atoms with Crippen molar-refractivity contribution >= 4 is 17.3 Å². The molecule has 0 spiro atoms. The molecule has 1 N–H and O–H groups in total.